The van der Waals surface area contributed by atoms with Gasteiger partial charge in [-0.3, -0.25) is 0 Å². The Morgan fingerprint density at radius 1 is 0.857 bits per heavy atom. The smallest absolute Gasteiger partial charge is 0.315 e. The third kappa shape index (κ3) is 4.26. The van der Waals surface area contributed by atoms with Crippen molar-refractivity contribution < 1.29 is 19.3 Å². The van der Waals surface area contributed by atoms with Crippen LogP contribution in [0.25, 0.3) is 21.9 Å². The lowest BCUT2D eigenvalue weighted by Gasteiger charge is -2.57. The Bertz CT molecular complexity index is 1160. The molecule has 4 bridgehead atoms. The number of rotatable bonds is 8. The summed E-state index contributed by atoms with van der Waals surface area (Å²) < 4.78 is 17.6. The Labute approximate surface area is 208 Å². The molecule has 35 heavy (non-hydrogen) atoms. The standard InChI is InChI=1S/C31H36O4/c1-3-34-30(33-2)35-29-15-26-9-8-25(24-6-4-20(19-32)5-7-24)13-27(26)14-28(29)31-16-21-10-22(17-31)12-23(11-21)18-31/h4-9,13-15,21-23,30,32H,3,10-12,16-19H2,1-2H3. The highest BCUT2D eigenvalue weighted by atomic mass is 16.8. The topological polar surface area (TPSA) is 47.9 Å². The number of aliphatic hydroxyl groups is 1. The average molecular weight is 473 g/mol. The maximum Gasteiger partial charge on any atom is 0.315 e. The van der Waals surface area contributed by atoms with E-state index < -0.39 is 6.48 Å². The van der Waals surface area contributed by atoms with Crippen LogP contribution < -0.4 is 4.74 Å². The number of aliphatic hydroxyl groups excluding tert-OH is 1. The molecule has 4 fully saturated rings. The summed E-state index contributed by atoms with van der Waals surface area (Å²) in [5.41, 5.74) is 4.83. The lowest BCUT2D eigenvalue weighted by atomic mass is 9.48. The molecule has 7 rings (SSSR count). The van der Waals surface area contributed by atoms with Crippen LogP contribution in [0, 0.1) is 17.8 Å². The normalized spacial score (nSPS) is 27.9. The van der Waals surface area contributed by atoms with Crippen LogP contribution in [0.3, 0.4) is 0 Å². The third-order valence-corrected chi connectivity index (χ3v) is 8.74. The summed E-state index contributed by atoms with van der Waals surface area (Å²) in [7, 11) is 1.64. The van der Waals surface area contributed by atoms with E-state index in [0.717, 1.165) is 40.0 Å². The van der Waals surface area contributed by atoms with Crippen LogP contribution in [0.4, 0.5) is 0 Å². The van der Waals surface area contributed by atoms with Crippen molar-refractivity contribution in [3.05, 3.63) is 65.7 Å². The van der Waals surface area contributed by atoms with E-state index in [-0.39, 0.29) is 12.0 Å². The molecule has 0 heterocycles. The Kier molecular flexibility index (Phi) is 6.08. The average Bonchev–Trinajstić information content (AvgIpc) is 2.87. The fourth-order valence-corrected chi connectivity index (χ4v) is 7.60. The second-order valence-electron chi connectivity index (χ2n) is 11.1. The van der Waals surface area contributed by atoms with E-state index in [9.17, 15) is 5.11 Å². The first kappa shape index (κ1) is 23.0. The molecule has 4 aliphatic rings. The first-order valence-electron chi connectivity index (χ1n) is 13.2. The van der Waals surface area contributed by atoms with E-state index in [1.165, 1.54) is 55.0 Å². The van der Waals surface area contributed by atoms with E-state index in [1.807, 2.05) is 19.1 Å². The second kappa shape index (κ2) is 9.24. The van der Waals surface area contributed by atoms with Gasteiger partial charge in [-0.15, -0.1) is 0 Å². The van der Waals surface area contributed by atoms with Gasteiger partial charge in [0, 0.05) is 12.7 Å². The van der Waals surface area contributed by atoms with E-state index in [2.05, 4.69) is 42.5 Å². The van der Waals surface area contributed by atoms with Crippen molar-refractivity contribution in [2.24, 2.45) is 17.8 Å². The Balaban J connectivity index is 1.45. The van der Waals surface area contributed by atoms with Gasteiger partial charge in [0.25, 0.3) is 0 Å². The van der Waals surface area contributed by atoms with Gasteiger partial charge in [-0.1, -0.05) is 36.4 Å². The van der Waals surface area contributed by atoms with Crippen molar-refractivity contribution in [1.29, 1.82) is 0 Å². The van der Waals surface area contributed by atoms with Crippen LogP contribution in [0.2, 0.25) is 0 Å². The number of fused-ring (bicyclic) bond motifs is 1. The third-order valence-electron chi connectivity index (χ3n) is 8.74. The van der Waals surface area contributed by atoms with Gasteiger partial charge < -0.3 is 19.3 Å². The van der Waals surface area contributed by atoms with Crippen molar-refractivity contribution in [2.75, 3.05) is 13.7 Å². The zero-order valence-corrected chi connectivity index (χ0v) is 20.8. The molecule has 0 spiro atoms. The molecule has 4 saturated carbocycles. The van der Waals surface area contributed by atoms with Crippen molar-refractivity contribution in [2.45, 2.75) is 63.9 Å². The highest BCUT2D eigenvalue weighted by molar-refractivity contribution is 5.89. The molecule has 4 aliphatic carbocycles. The Hall–Kier alpha value is -2.40. The zero-order valence-electron chi connectivity index (χ0n) is 20.8. The number of benzene rings is 3. The minimum absolute atomic E-state index is 0.0689. The van der Waals surface area contributed by atoms with Gasteiger partial charge in [0.1, 0.15) is 5.75 Å². The summed E-state index contributed by atoms with van der Waals surface area (Å²) in [5.74, 6) is 3.48. The fraction of sp³-hybridized carbons (Fsp3) is 0.484. The van der Waals surface area contributed by atoms with Gasteiger partial charge in [-0.2, -0.15) is 0 Å². The van der Waals surface area contributed by atoms with Gasteiger partial charge in [-0.25, -0.2) is 0 Å². The van der Waals surface area contributed by atoms with Crippen LogP contribution in [0.1, 0.15) is 56.6 Å². The minimum atomic E-state index is -0.700. The molecule has 4 heteroatoms. The first-order chi connectivity index (χ1) is 17.1. The molecule has 1 N–H and O–H groups in total. The van der Waals surface area contributed by atoms with Crippen LogP contribution in [-0.2, 0) is 21.5 Å². The SMILES string of the molecule is CCOC(OC)Oc1cc2ccc(-c3ccc(CO)cc3)cc2cc1C12CC3CC(CC(C3)C1)C2. The lowest BCUT2D eigenvalue weighted by molar-refractivity contribution is -0.231. The molecular weight excluding hydrogens is 436 g/mol. The second-order valence-corrected chi connectivity index (χ2v) is 11.1. The number of hydrogen-bond donors (Lipinski definition) is 1. The van der Waals surface area contributed by atoms with Gasteiger partial charge >= 0.3 is 6.48 Å². The monoisotopic (exact) mass is 472 g/mol. The fourth-order valence-electron chi connectivity index (χ4n) is 7.60. The van der Waals surface area contributed by atoms with Gasteiger partial charge in [0.15, 0.2) is 0 Å². The molecule has 3 aromatic rings. The van der Waals surface area contributed by atoms with Crippen molar-refractivity contribution in [3.8, 4) is 16.9 Å². The van der Waals surface area contributed by atoms with Crippen LogP contribution in [-0.4, -0.2) is 25.3 Å². The summed E-state index contributed by atoms with van der Waals surface area (Å²) in [5, 5.41) is 11.8. The molecular formula is C31H36O4. The molecule has 0 aliphatic heterocycles. The molecule has 0 amide bonds. The van der Waals surface area contributed by atoms with E-state index in [0.29, 0.717) is 6.61 Å². The summed E-state index contributed by atoms with van der Waals surface area (Å²) in [6, 6.07) is 19.4. The Morgan fingerprint density at radius 2 is 1.51 bits per heavy atom. The summed E-state index contributed by atoms with van der Waals surface area (Å²) in [6.45, 7) is 1.87. The first-order valence-corrected chi connectivity index (χ1v) is 13.2. The van der Waals surface area contributed by atoms with E-state index >= 15 is 0 Å². The molecule has 184 valence electrons. The quantitative estimate of drug-likeness (QED) is 0.366. The molecule has 3 aromatic carbocycles. The number of methoxy groups -OCH3 is 1. The van der Waals surface area contributed by atoms with E-state index in [4.69, 9.17) is 14.2 Å². The minimum Gasteiger partial charge on any atom is -0.441 e. The van der Waals surface area contributed by atoms with Crippen LogP contribution in [0.5, 0.6) is 5.75 Å². The number of ether oxygens (including phenoxy) is 3. The maximum atomic E-state index is 9.40. The van der Waals surface area contributed by atoms with Crippen LogP contribution in [0.15, 0.2) is 54.6 Å². The molecule has 0 saturated heterocycles. The summed E-state index contributed by atoms with van der Waals surface area (Å²) >= 11 is 0. The largest absolute Gasteiger partial charge is 0.441 e. The van der Waals surface area contributed by atoms with Gasteiger partial charge in [-0.05, 0) is 114 Å². The number of hydrogen-bond acceptors (Lipinski definition) is 4. The molecule has 0 radical (unpaired) electrons. The molecule has 1 atom stereocenters. The molecule has 1 unspecified atom stereocenters. The van der Waals surface area contributed by atoms with Gasteiger partial charge in [0.05, 0.1) is 13.2 Å². The molecule has 0 aromatic heterocycles. The van der Waals surface area contributed by atoms with Gasteiger partial charge in [0.2, 0.25) is 0 Å². The van der Waals surface area contributed by atoms with Crippen LogP contribution >= 0.6 is 0 Å². The molecule has 4 nitrogen and oxygen atoms in total. The predicted octanol–water partition coefficient (Wildman–Crippen LogP) is 6.81. The lowest BCUT2D eigenvalue weighted by Crippen LogP contribution is -2.48. The van der Waals surface area contributed by atoms with E-state index in [1.54, 1.807) is 7.11 Å². The zero-order chi connectivity index (χ0) is 24.0. The van der Waals surface area contributed by atoms with Crippen molar-refractivity contribution in [3.63, 3.8) is 0 Å². The van der Waals surface area contributed by atoms with Crippen molar-refractivity contribution >= 4 is 10.8 Å². The summed E-state index contributed by atoms with van der Waals surface area (Å²) in [6.07, 6.45) is 8.06. The van der Waals surface area contributed by atoms with Crippen molar-refractivity contribution in [1.82, 2.24) is 0 Å². The highest BCUT2D eigenvalue weighted by Gasteiger charge is 2.52. The maximum absolute atomic E-state index is 9.40. The Morgan fingerprint density at radius 3 is 2.11 bits per heavy atom. The summed E-state index contributed by atoms with van der Waals surface area (Å²) in [4.78, 5) is 0. The predicted molar refractivity (Wildman–Crippen MR) is 138 cm³/mol. The highest BCUT2D eigenvalue weighted by Crippen LogP contribution is 2.62.